The number of hydrogen-bond acceptors (Lipinski definition) is 3. The summed E-state index contributed by atoms with van der Waals surface area (Å²) in [4.78, 5) is 17.8. The Morgan fingerprint density at radius 2 is 2.08 bits per heavy atom. The van der Waals surface area contributed by atoms with Gasteiger partial charge in [-0.25, -0.2) is 4.98 Å². The van der Waals surface area contributed by atoms with Gasteiger partial charge in [0.1, 0.15) is 6.54 Å². The van der Waals surface area contributed by atoms with Gasteiger partial charge in [0.05, 0.1) is 11.0 Å². The lowest BCUT2D eigenvalue weighted by Gasteiger charge is -2.34. The zero-order valence-electron chi connectivity index (χ0n) is 13.0. The minimum absolute atomic E-state index is 0. The fourth-order valence-corrected chi connectivity index (χ4v) is 2.89. The second-order valence-corrected chi connectivity index (χ2v) is 5.65. The first-order valence-corrected chi connectivity index (χ1v) is 7.40. The number of aromatic nitrogens is 2. The number of carbonyl (C=O) groups excluding carboxylic acids is 1. The molecule has 9 heteroatoms. The molecule has 0 aliphatic carbocycles. The Kier molecular flexibility index (Phi) is 5.39. The molecule has 5 nitrogen and oxygen atoms in total. The number of piperazine rings is 1. The van der Waals surface area contributed by atoms with Crippen LogP contribution in [0.25, 0.3) is 11.0 Å². The summed E-state index contributed by atoms with van der Waals surface area (Å²) in [5.41, 5.74) is 0.553. The molecule has 0 bridgehead atoms. The molecule has 1 saturated heterocycles. The zero-order valence-corrected chi connectivity index (χ0v) is 13.8. The molecule has 0 saturated carbocycles. The second kappa shape index (κ2) is 6.98. The Morgan fingerprint density at radius 1 is 1.38 bits per heavy atom. The van der Waals surface area contributed by atoms with Crippen molar-refractivity contribution in [1.29, 1.82) is 0 Å². The number of imidazole rings is 1. The number of nitrogens with one attached hydrogen (secondary N) is 1. The molecule has 2 aromatic rings. The predicted molar refractivity (Wildman–Crippen MR) is 86.0 cm³/mol. The SMILES string of the molecule is C[C@H]1CNCCN1C(=O)Cn1c(C(F)(F)F)nc2ccccc21.Cl. The number of nitrogens with zero attached hydrogens (tertiary/aromatic N) is 3. The Balaban J connectivity index is 0.00000208. The van der Waals surface area contributed by atoms with Crippen LogP contribution in [-0.4, -0.2) is 46.0 Å². The molecule has 2 heterocycles. The Morgan fingerprint density at radius 3 is 2.75 bits per heavy atom. The van der Waals surface area contributed by atoms with E-state index in [1.54, 1.807) is 23.1 Å². The van der Waals surface area contributed by atoms with Crippen LogP contribution in [-0.2, 0) is 17.5 Å². The summed E-state index contributed by atoms with van der Waals surface area (Å²) in [7, 11) is 0. The summed E-state index contributed by atoms with van der Waals surface area (Å²) in [5, 5.41) is 3.15. The van der Waals surface area contributed by atoms with Gasteiger partial charge >= 0.3 is 6.18 Å². The summed E-state index contributed by atoms with van der Waals surface area (Å²) >= 11 is 0. The van der Waals surface area contributed by atoms with Crippen molar-refractivity contribution < 1.29 is 18.0 Å². The average Bonchev–Trinajstić information content (AvgIpc) is 2.87. The Hall–Kier alpha value is -1.80. The monoisotopic (exact) mass is 362 g/mol. The maximum atomic E-state index is 13.2. The normalized spacial score (nSPS) is 18.5. The van der Waals surface area contributed by atoms with Gasteiger partial charge in [0.15, 0.2) is 0 Å². The first-order valence-electron chi connectivity index (χ1n) is 7.40. The van der Waals surface area contributed by atoms with Gasteiger partial charge < -0.3 is 14.8 Å². The third-order valence-corrected chi connectivity index (χ3v) is 4.02. The van der Waals surface area contributed by atoms with Crippen molar-refractivity contribution in [1.82, 2.24) is 19.8 Å². The highest BCUT2D eigenvalue weighted by Gasteiger charge is 2.38. The number of amides is 1. The molecule has 0 radical (unpaired) electrons. The number of para-hydroxylation sites is 2. The molecule has 1 aliphatic heterocycles. The van der Waals surface area contributed by atoms with E-state index in [1.165, 1.54) is 6.07 Å². The van der Waals surface area contributed by atoms with Crippen molar-refractivity contribution >= 4 is 29.3 Å². The van der Waals surface area contributed by atoms with Gasteiger partial charge in [-0.3, -0.25) is 4.79 Å². The molecule has 1 aliphatic rings. The maximum Gasteiger partial charge on any atom is 0.449 e. The smallest absolute Gasteiger partial charge is 0.336 e. The highest BCUT2D eigenvalue weighted by Crippen LogP contribution is 2.31. The van der Waals surface area contributed by atoms with Crippen molar-refractivity contribution in [2.45, 2.75) is 25.7 Å². The molecule has 3 rings (SSSR count). The summed E-state index contributed by atoms with van der Waals surface area (Å²) in [6.45, 7) is 3.30. The molecule has 1 amide bonds. The third kappa shape index (κ3) is 3.49. The molecular formula is C15H18ClF3N4O. The zero-order chi connectivity index (χ0) is 16.6. The molecule has 1 fully saturated rings. The fourth-order valence-electron chi connectivity index (χ4n) is 2.89. The molecule has 132 valence electrons. The lowest BCUT2D eigenvalue weighted by atomic mass is 10.2. The van der Waals surface area contributed by atoms with Crippen LogP contribution in [0.5, 0.6) is 0 Å². The van der Waals surface area contributed by atoms with Crippen LogP contribution in [0.4, 0.5) is 13.2 Å². The van der Waals surface area contributed by atoms with Crippen LogP contribution in [0, 0.1) is 0 Å². The number of rotatable bonds is 2. The molecule has 0 spiro atoms. The van der Waals surface area contributed by atoms with E-state index in [1.807, 2.05) is 6.92 Å². The topological polar surface area (TPSA) is 50.2 Å². The Bertz CT molecular complexity index is 731. The lowest BCUT2D eigenvalue weighted by Crippen LogP contribution is -2.53. The van der Waals surface area contributed by atoms with Crippen molar-refractivity contribution in [2.24, 2.45) is 0 Å². The minimum atomic E-state index is -4.60. The van der Waals surface area contributed by atoms with Gasteiger partial charge in [-0.2, -0.15) is 13.2 Å². The average molecular weight is 363 g/mol. The number of hydrogen-bond donors (Lipinski definition) is 1. The van der Waals surface area contributed by atoms with Crippen LogP contribution in [0.3, 0.4) is 0 Å². The standard InChI is InChI=1S/C15H17F3N4O.ClH/c1-10-8-19-6-7-21(10)13(23)9-22-12-5-3-2-4-11(12)20-14(22)15(16,17)18;/h2-5,10,19H,6-9H2,1H3;1H/t10-;/m0./s1. The van der Waals surface area contributed by atoms with Crippen LogP contribution < -0.4 is 5.32 Å². The van der Waals surface area contributed by atoms with Crippen LogP contribution in [0.1, 0.15) is 12.7 Å². The molecule has 0 unspecified atom stereocenters. The minimum Gasteiger partial charge on any atom is -0.336 e. The van der Waals surface area contributed by atoms with Gasteiger partial charge in [0.25, 0.3) is 0 Å². The van der Waals surface area contributed by atoms with E-state index in [-0.39, 0.29) is 36.4 Å². The highest BCUT2D eigenvalue weighted by molar-refractivity contribution is 5.85. The van der Waals surface area contributed by atoms with E-state index in [4.69, 9.17) is 0 Å². The van der Waals surface area contributed by atoms with Crippen molar-refractivity contribution in [3.8, 4) is 0 Å². The lowest BCUT2D eigenvalue weighted by molar-refractivity contribution is -0.148. The van der Waals surface area contributed by atoms with E-state index in [2.05, 4.69) is 10.3 Å². The highest BCUT2D eigenvalue weighted by atomic mass is 35.5. The fraction of sp³-hybridized carbons (Fsp3) is 0.467. The summed E-state index contributed by atoms with van der Waals surface area (Å²) in [5.74, 6) is -1.36. The number of halogens is 4. The number of benzene rings is 1. The first kappa shape index (κ1) is 18.5. The number of alkyl halides is 3. The summed E-state index contributed by atoms with van der Waals surface area (Å²) in [6, 6.07) is 6.28. The van der Waals surface area contributed by atoms with Crippen molar-refractivity contribution in [3.63, 3.8) is 0 Å². The summed E-state index contributed by atoms with van der Waals surface area (Å²) in [6.07, 6.45) is -4.60. The maximum absolute atomic E-state index is 13.2. The van der Waals surface area contributed by atoms with Crippen molar-refractivity contribution in [3.05, 3.63) is 30.1 Å². The van der Waals surface area contributed by atoms with E-state index in [0.29, 0.717) is 25.2 Å². The van der Waals surface area contributed by atoms with Gasteiger partial charge in [-0.05, 0) is 19.1 Å². The van der Waals surface area contributed by atoms with Gasteiger partial charge in [0.2, 0.25) is 11.7 Å². The quantitative estimate of drug-likeness (QED) is 0.892. The Labute approximate surface area is 143 Å². The largest absolute Gasteiger partial charge is 0.449 e. The molecule has 1 aromatic carbocycles. The molecule has 1 N–H and O–H groups in total. The van der Waals surface area contributed by atoms with Crippen molar-refractivity contribution in [2.75, 3.05) is 19.6 Å². The predicted octanol–water partition coefficient (Wildman–Crippen LogP) is 2.30. The number of fused-ring (bicyclic) bond motifs is 1. The van der Waals surface area contributed by atoms with E-state index in [9.17, 15) is 18.0 Å². The van der Waals surface area contributed by atoms with Gasteiger partial charge in [-0.1, -0.05) is 12.1 Å². The summed E-state index contributed by atoms with van der Waals surface area (Å²) < 4.78 is 40.7. The van der Waals surface area contributed by atoms with Gasteiger partial charge in [0, 0.05) is 25.7 Å². The molecule has 1 atom stereocenters. The number of carbonyl (C=O) groups is 1. The van der Waals surface area contributed by atoms with E-state index < -0.39 is 12.0 Å². The van der Waals surface area contributed by atoms with Crippen LogP contribution >= 0.6 is 12.4 Å². The molecular weight excluding hydrogens is 345 g/mol. The molecule has 24 heavy (non-hydrogen) atoms. The van der Waals surface area contributed by atoms with Crippen LogP contribution in [0.2, 0.25) is 0 Å². The molecule has 1 aromatic heterocycles. The van der Waals surface area contributed by atoms with Gasteiger partial charge in [-0.15, -0.1) is 12.4 Å². The van der Waals surface area contributed by atoms with E-state index >= 15 is 0 Å². The second-order valence-electron chi connectivity index (χ2n) is 5.65. The third-order valence-electron chi connectivity index (χ3n) is 4.02. The van der Waals surface area contributed by atoms with Crippen LogP contribution in [0.15, 0.2) is 24.3 Å². The first-order chi connectivity index (χ1) is 10.9. The van der Waals surface area contributed by atoms with E-state index in [0.717, 1.165) is 4.57 Å².